The lowest BCUT2D eigenvalue weighted by molar-refractivity contribution is -0.222. The summed E-state index contributed by atoms with van der Waals surface area (Å²) in [7, 11) is 0. The zero-order valence-corrected chi connectivity index (χ0v) is 14.1. The SMILES string of the molecule is CCC1OCC(C)(C(O)=C(Cc2ccccc2)n2cncn2)CO1. The highest BCUT2D eigenvalue weighted by atomic mass is 16.7. The first-order chi connectivity index (χ1) is 11.6. The second-order valence-electron chi connectivity index (χ2n) is 6.32. The van der Waals surface area contributed by atoms with Crippen LogP contribution in [0.2, 0.25) is 0 Å². The van der Waals surface area contributed by atoms with Gasteiger partial charge in [-0.25, -0.2) is 9.67 Å². The van der Waals surface area contributed by atoms with Gasteiger partial charge in [-0.3, -0.25) is 0 Å². The van der Waals surface area contributed by atoms with Gasteiger partial charge in [0, 0.05) is 6.42 Å². The minimum absolute atomic E-state index is 0.199. The minimum Gasteiger partial charge on any atom is -0.510 e. The molecule has 1 aliphatic rings. The second-order valence-corrected chi connectivity index (χ2v) is 6.32. The highest BCUT2D eigenvalue weighted by Gasteiger charge is 2.38. The number of hydrogen-bond donors (Lipinski definition) is 1. The summed E-state index contributed by atoms with van der Waals surface area (Å²) in [6.45, 7) is 4.77. The Morgan fingerprint density at radius 3 is 2.58 bits per heavy atom. The van der Waals surface area contributed by atoms with Crippen LogP contribution in [0.4, 0.5) is 0 Å². The van der Waals surface area contributed by atoms with E-state index >= 15 is 0 Å². The van der Waals surface area contributed by atoms with E-state index in [1.165, 1.54) is 6.33 Å². The molecule has 0 amide bonds. The minimum atomic E-state index is -0.609. The summed E-state index contributed by atoms with van der Waals surface area (Å²) in [6, 6.07) is 9.97. The molecule has 0 saturated carbocycles. The molecule has 0 unspecified atom stereocenters. The first-order valence-corrected chi connectivity index (χ1v) is 8.17. The third-order valence-corrected chi connectivity index (χ3v) is 4.26. The van der Waals surface area contributed by atoms with Crippen LogP contribution in [-0.4, -0.2) is 39.4 Å². The van der Waals surface area contributed by atoms with Crippen LogP contribution in [0.5, 0.6) is 0 Å². The first-order valence-electron chi connectivity index (χ1n) is 8.17. The molecule has 1 aromatic carbocycles. The normalized spacial score (nSPS) is 25.3. The summed E-state index contributed by atoms with van der Waals surface area (Å²) in [5, 5.41) is 15.2. The van der Waals surface area contributed by atoms with Crippen molar-refractivity contribution in [2.24, 2.45) is 5.41 Å². The lowest BCUT2D eigenvalue weighted by Crippen LogP contribution is -2.41. The fourth-order valence-corrected chi connectivity index (χ4v) is 2.77. The summed E-state index contributed by atoms with van der Waals surface area (Å²) in [6.07, 6.45) is 4.19. The van der Waals surface area contributed by atoms with Gasteiger partial charge in [0.15, 0.2) is 6.29 Å². The topological polar surface area (TPSA) is 69.4 Å². The molecule has 1 fully saturated rings. The zero-order chi connectivity index (χ0) is 17.0. The van der Waals surface area contributed by atoms with E-state index in [2.05, 4.69) is 10.1 Å². The smallest absolute Gasteiger partial charge is 0.157 e. The molecule has 1 aliphatic heterocycles. The second kappa shape index (κ2) is 7.15. The number of aliphatic hydroxyl groups is 1. The van der Waals surface area contributed by atoms with Crippen LogP contribution in [0.1, 0.15) is 25.8 Å². The van der Waals surface area contributed by atoms with Gasteiger partial charge in [0.25, 0.3) is 0 Å². The summed E-state index contributed by atoms with van der Waals surface area (Å²) >= 11 is 0. The summed E-state index contributed by atoms with van der Waals surface area (Å²) in [5.74, 6) is 0.228. The van der Waals surface area contributed by atoms with Crippen molar-refractivity contribution in [3.05, 3.63) is 54.3 Å². The zero-order valence-electron chi connectivity index (χ0n) is 14.1. The average molecular weight is 329 g/mol. The molecule has 1 N–H and O–H groups in total. The summed E-state index contributed by atoms with van der Waals surface area (Å²) in [4.78, 5) is 4.00. The van der Waals surface area contributed by atoms with Crippen LogP contribution in [0, 0.1) is 5.41 Å². The maximum atomic E-state index is 11.0. The van der Waals surface area contributed by atoms with Crippen LogP contribution >= 0.6 is 0 Å². The average Bonchev–Trinajstić information content (AvgIpc) is 3.15. The molecule has 6 nitrogen and oxygen atoms in total. The highest BCUT2D eigenvalue weighted by Crippen LogP contribution is 2.35. The molecule has 0 bridgehead atoms. The van der Waals surface area contributed by atoms with E-state index < -0.39 is 5.41 Å². The number of benzene rings is 1. The quantitative estimate of drug-likeness (QED) is 0.854. The Morgan fingerprint density at radius 1 is 1.29 bits per heavy atom. The van der Waals surface area contributed by atoms with Gasteiger partial charge >= 0.3 is 0 Å². The van der Waals surface area contributed by atoms with Gasteiger partial charge in [-0.2, -0.15) is 5.10 Å². The molecule has 6 heteroatoms. The lowest BCUT2D eigenvalue weighted by atomic mass is 9.87. The number of allylic oxidation sites excluding steroid dienone is 1. The molecule has 24 heavy (non-hydrogen) atoms. The molecule has 2 heterocycles. The van der Waals surface area contributed by atoms with Crippen molar-refractivity contribution in [2.45, 2.75) is 33.0 Å². The number of rotatable bonds is 5. The molecular weight excluding hydrogens is 306 g/mol. The molecule has 0 aliphatic carbocycles. The Morgan fingerprint density at radius 2 is 2.00 bits per heavy atom. The van der Waals surface area contributed by atoms with Crippen LogP contribution in [0.3, 0.4) is 0 Å². The molecule has 2 aromatic rings. The van der Waals surface area contributed by atoms with E-state index in [1.807, 2.05) is 44.2 Å². The molecule has 128 valence electrons. The monoisotopic (exact) mass is 329 g/mol. The third-order valence-electron chi connectivity index (χ3n) is 4.26. The van der Waals surface area contributed by atoms with Crippen molar-refractivity contribution in [2.75, 3.05) is 13.2 Å². The van der Waals surface area contributed by atoms with Crippen molar-refractivity contribution in [3.63, 3.8) is 0 Å². The van der Waals surface area contributed by atoms with Gasteiger partial charge < -0.3 is 14.6 Å². The molecule has 1 aromatic heterocycles. The van der Waals surface area contributed by atoms with E-state index in [9.17, 15) is 5.11 Å². The molecule has 1 saturated heterocycles. The predicted molar refractivity (Wildman–Crippen MR) is 90.1 cm³/mol. The lowest BCUT2D eigenvalue weighted by Gasteiger charge is -2.37. The van der Waals surface area contributed by atoms with Crippen LogP contribution in [-0.2, 0) is 15.9 Å². The Kier molecular flexibility index (Phi) is 4.97. The van der Waals surface area contributed by atoms with Gasteiger partial charge in [-0.1, -0.05) is 37.3 Å². The van der Waals surface area contributed by atoms with Crippen LogP contribution in [0.25, 0.3) is 5.70 Å². The van der Waals surface area contributed by atoms with E-state index in [1.54, 1.807) is 11.0 Å². The predicted octanol–water partition coefficient (Wildman–Crippen LogP) is 3.04. The van der Waals surface area contributed by atoms with Gasteiger partial charge in [0.2, 0.25) is 0 Å². The van der Waals surface area contributed by atoms with Crippen molar-refractivity contribution in [1.29, 1.82) is 0 Å². The van der Waals surface area contributed by atoms with Crippen molar-refractivity contribution in [3.8, 4) is 0 Å². The fourth-order valence-electron chi connectivity index (χ4n) is 2.77. The summed E-state index contributed by atoms with van der Waals surface area (Å²) < 4.78 is 13.1. The highest BCUT2D eigenvalue weighted by molar-refractivity contribution is 5.52. The number of aliphatic hydroxyl groups excluding tert-OH is 1. The van der Waals surface area contributed by atoms with Crippen molar-refractivity contribution >= 4 is 5.70 Å². The Bertz CT molecular complexity index is 675. The molecule has 0 radical (unpaired) electrons. The maximum Gasteiger partial charge on any atom is 0.157 e. The van der Waals surface area contributed by atoms with Gasteiger partial charge in [-0.05, 0) is 18.9 Å². The van der Waals surface area contributed by atoms with Crippen molar-refractivity contribution < 1.29 is 14.6 Å². The molecule has 0 spiro atoms. The Balaban J connectivity index is 1.93. The number of hydrogen-bond acceptors (Lipinski definition) is 5. The van der Waals surface area contributed by atoms with Crippen LogP contribution in [0.15, 0.2) is 48.7 Å². The van der Waals surface area contributed by atoms with Gasteiger partial charge in [0.05, 0.1) is 24.3 Å². The van der Waals surface area contributed by atoms with E-state index in [4.69, 9.17) is 9.47 Å². The fraction of sp³-hybridized carbons (Fsp3) is 0.444. The maximum absolute atomic E-state index is 11.0. The summed E-state index contributed by atoms with van der Waals surface area (Å²) in [5.41, 5.74) is 1.16. The molecule has 0 atom stereocenters. The van der Waals surface area contributed by atoms with E-state index in [0.29, 0.717) is 25.3 Å². The number of ether oxygens (including phenoxy) is 2. The standard InChI is InChI=1S/C18H23N3O3/c1-3-16-23-10-18(2,11-24-16)17(22)15(21-13-19-12-20-21)9-14-7-5-4-6-8-14/h4-8,12-13,16,22H,3,9-11H2,1-2H3. The third kappa shape index (κ3) is 3.49. The van der Waals surface area contributed by atoms with E-state index in [0.717, 1.165) is 12.0 Å². The molecule has 3 rings (SSSR count). The number of nitrogens with zero attached hydrogens (tertiary/aromatic N) is 3. The Labute approximate surface area is 141 Å². The Hall–Kier alpha value is -2.18. The largest absolute Gasteiger partial charge is 0.510 e. The first kappa shape index (κ1) is 16.7. The van der Waals surface area contributed by atoms with Gasteiger partial charge in [-0.15, -0.1) is 0 Å². The number of aromatic nitrogens is 3. The van der Waals surface area contributed by atoms with Gasteiger partial charge in [0.1, 0.15) is 18.4 Å². The van der Waals surface area contributed by atoms with Crippen LogP contribution < -0.4 is 0 Å². The van der Waals surface area contributed by atoms with Crippen molar-refractivity contribution in [1.82, 2.24) is 14.8 Å². The van der Waals surface area contributed by atoms with E-state index in [-0.39, 0.29) is 12.0 Å². The molecular formula is C18H23N3O3.